The number of hydrogen-bond donors (Lipinski definition) is 2. The number of nitrogens with one attached hydrogen (secondary N) is 1. The van der Waals surface area contributed by atoms with E-state index in [2.05, 4.69) is 15.5 Å². The average molecular weight is 380 g/mol. The van der Waals surface area contributed by atoms with Gasteiger partial charge in [-0.2, -0.15) is 0 Å². The molecule has 25 heavy (non-hydrogen) atoms. The average Bonchev–Trinajstić information content (AvgIpc) is 2.95. The van der Waals surface area contributed by atoms with Gasteiger partial charge in [-0.3, -0.25) is 9.59 Å². The molecule has 0 spiro atoms. The second-order valence-electron chi connectivity index (χ2n) is 6.18. The third kappa shape index (κ3) is 3.91. The molecule has 0 radical (unpaired) electrons. The number of carbonyl (C=O) groups excluding carboxylic acids is 2. The van der Waals surface area contributed by atoms with Crippen LogP contribution < -0.4 is 11.1 Å². The van der Waals surface area contributed by atoms with E-state index in [1.165, 1.54) is 18.3 Å². The smallest absolute Gasteiger partial charge is 0.230 e. The highest BCUT2D eigenvalue weighted by Crippen LogP contribution is 2.35. The maximum absolute atomic E-state index is 12.8. The maximum atomic E-state index is 12.8. The lowest BCUT2D eigenvalue weighted by Crippen LogP contribution is -2.65. The number of amides is 2. The van der Waals surface area contributed by atoms with Crippen LogP contribution in [-0.4, -0.2) is 40.0 Å². The minimum absolute atomic E-state index is 0.0311. The molecule has 1 fully saturated rings. The number of likely N-dealkylation sites (tertiary alicyclic amines) is 1. The van der Waals surface area contributed by atoms with Gasteiger partial charge in [-0.25, -0.2) is 0 Å². The van der Waals surface area contributed by atoms with Crippen molar-refractivity contribution in [2.75, 3.05) is 18.8 Å². The molecule has 1 saturated heterocycles. The highest BCUT2D eigenvalue weighted by Gasteiger charge is 2.50. The van der Waals surface area contributed by atoms with Gasteiger partial charge in [0.1, 0.15) is 5.01 Å². The minimum Gasteiger partial charge on any atom is -0.374 e. The fourth-order valence-corrected chi connectivity index (χ4v) is 3.59. The molecule has 132 valence electrons. The Bertz CT molecular complexity index is 786. The monoisotopic (exact) mass is 379 g/mol. The summed E-state index contributed by atoms with van der Waals surface area (Å²) in [6, 6.07) is 7.40. The first kappa shape index (κ1) is 17.6. The Labute approximate surface area is 154 Å². The lowest BCUT2D eigenvalue weighted by molar-refractivity contribution is -0.152. The summed E-state index contributed by atoms with van der Waals surface area (Å²) in [4.78, 5) is 26.0. The highest BCUT2D eigenvalue weighted by molar-refractivity contribution is 7.15. The Kier molecular flexibility index (Phi) is 4.91. The second-order valence-corrected chi connectivity index (χ2v) is 7.71. The van der Waals surface area contributed by atoms with Crippen molar-refractivity contribution in [1.29, 1.82) is 0 Å². The van der Waals surface area contributed by atoms with E-state index in [1.807, 2.05) is 12.1 Å². The summed E-state index contributed by atoms with van der Waals surface area (Å²) >= 11 is 7.16. The third-order valence-electron chi connectivity index (χ3n) is 4.25. The van der Waals surface area contributed by atoms with Gasteiger partial charge in [-0.15, -0.1) is 10.2 Å². The number of nitrogen functional groups attached to an aromatic ring is 1. The first-order chi connectivity index (χ1) is 11.9. The Hall–Kier alpha value is -2.19. The van der Waals surface area contributed by atoms with Crippen LogP contribution in [-0.2, 0) is 22.6 Å². The van der Waals surface area contributed by atoms with E-state index in [0.29, 0.717) is 34.7 Å². The fourth-order valence-electron chi connectivity index (χ4n) is 2.92. The third-order valence-corrected chi connectivity index (χ3v) is 5.26. The molecule has 1 aromatic heterocycles. The van der Waals surface area contributed by atoms with Gasteiger partial charge in [0.05, 0.1) is 12.0 Å². The van der Waals surface area contributed by atoms with Gasteiger partial charge in [-0.05, 0) is 24.1 Å². The molecule has 1 aromatic carbocycles. The molecule has 2 heterocycles. The van der Waals surface area contributed by atoms with E-state index < -0.39 is 5.41 Å². The van der Waals surface area contributed by atoms with Gasteiger partial charge in [0.25, 0.3) is 0 Å². The van der Waals surface area contributed by atoms with Crippen LogP contribution in [0.15, 0.2) is 24.3 Å². The van der Waals surface area contributed by atoms with Crippen molar-refractivity contribution in [2.45, 2.75) is 19.9 Å². The van der Waals surface area contributed by atoms with Crippen LogP contribution in [0.3, 0.4) is 0 Å². The van der Waals surface area contributed by atoms with Crippen LogP contribution in [0, 0.1) is 5.41 Å². The normalized spacial score (nSPS) is 15.5. The summed E-state index contributed by atoms with van der Waals surface area (Å²) < 4.78 is 0. The largest absolute Gasteiger partial charge is 0.374 e. The number of carbonyl (C=O) groups is 2. The van der Waals surface area contributed by atoms with Gasteiger partial charge >= 0.3 is 0 Å². The molecule has 1 aliphatic heterocycles. The molecule has 7 nitrogen and oxygen atoms in total. The topological polar surface area (TPSA) is 101 Å². The molecule has 0 aliphatic carbocycles. The molecular formula is C16H18ClN5O2S. The summed E-state index contributed by atoms with van der Waals surface area (Å²) in [6.45, 7) is 2.58. The van der Waals surface area contributed by atoms with Crippen molar-refractivity contribution in [2.24, 2.45) is 5.41 Å². The standard InChI is InChI=1S/C16H18ClN5O2S/c1-10(23)22-8-16(9-22,6-11-2-4-12(17)5-3-11)14(24)19-7-13-20-21-15(18)25-13/h2-5H,6-9H2,1H3,(H2,18,21)(H,19,24). The van der Waals surface area contributed by atoms with Crippen molar-refractivity contribution >= 4 is 39.9 Å². The van der Waals surface area contributed by atoms with E-state index in [-0.39, 0.29) is 18.4 Å². The lowest BCUT2D eigenvalue weighted by Gasteiger charge is -2.48. The van der Waals surface area contributed by atoms with E-state index in [0.717, 1.165) is 5.56 Å². The molecule has 2 amide bonds. The molecule has 2 aromatic rings. The summed E-state index contributed by atoms with van der Waals surface area (Å²) in [5.41, 5.74) is 5.91. The Morgan fingerprint density at radius 1 is 1.32 bits per heavy atom. The van der Waals surface area contributed by atoms with Crippen LogP contribution in [0.4, 0.5) is 5.13 Å². The molecule has 3 rings (SSSR count). The first-order valence-corrected chi connectivity index (χ1v) is 8.93. The zero-order valence-corrected chi connectivity index (χ0v) is 15.2. The van der Waals surface area contributed by atoms with Crippen LogP contribution in [0.2, 0.25) is 5.02 Å². The van der Waals surface area contributed by atoms with Gasteiger partial charge in [0, 0.05) is 25.0 Å². The van der Waals surface area contributed by atoms with E-state index in [1.54, 1.807) is 17.0 Å². The molecule has 1 aliphatic rings. The molecule has 3 N–H and O–H groups in total. The summed E-state index contributed by atoms with van der Waals surface area (Å²) in [6.07, 6.45) is 0.540. The van der Waals surface area contributed by atoms with E-state index in [9.17, 15) is 9.59 Å². The van der Waals surface area contributed by atoms with Crippen LogP contribution in [0.25, 0.3) is 0 Å². The summed E-state index contributed by atoms with van der Waals surface area (Å²) in [5, 5.41) is 12.2. The minimum atomic E-state index is -0.643. The van der Waals surface area contributed by atoms with E-state index >= 15 is 0 Å². The molecule has 0 saturated carbocycles. The van der Waals surface area contributed by atoms with Crippen molar-refractivity contribution in [3.8, 4) is 0 Å². The Morgan fingerprint density at radius 2 is 2.00 bits per heavy atom. The second kappa shape index (κ2) is 6.97. The predicted molar refractivity (Wildman–Crippen MR) is 96.0 cm³/mol. The number of halogens is 1. The molecule has 0 bridgehead atoms. The van der Waals surface area contributed by atoms with Gasteiger partial charge in [0.2, 0.25) is 16.9 Å². The Morgan fingerprint density at radius 3 is 2.56 bits per heavy atom. The number of rotatable bonds is 5. The number of nitrogens with two attached hydrogens (primary N) is 1. The molecule has 9 heteroatoms. The van der Waals surface area contributed by atoms with E-state index in [4.69, 9.17) is 17.3 Å². The first-order valence-electron chi connectivity index (χ1n) is 7.74. The summed E-state index contributed by atoms with van der Waals surface area (Å²) in [7, 11) is 0. The number of anilines is 1. The van der Waals surface area contributed by atoms with Crippen LogP contribution in [0.5, 0.6) is 0 Å². The maximum Gasteiger partial charge on any atom is 0.230 e. The van der Waals surface area contributed by atoms with Gasteiger partial charge in [-0.1, -0.05) is 35.1 Å². The Balaban J connectivity index is 1.71. The zero-order valence-electron chi connectivity index (χ0n) is 13.7. The van der Waals surface area contributed by atoms with Crippen molar-refractivity contribution in [3.05, 3.63) is 39.9 Å². The fraction of sp³-hybridized carbons (Fsp3) is 0.375. The molecule has 0 atom stereocenters. The van der Waals surface area contributed by atoms with Crippen molar-refractivity contribution < 1.29 is 9.59 Å². The molecular weight excluding hydrogens is 362 g/mol. The number of benzene rings is 1. The van der Waals surface area contributed by atoms with Crippen molar-refractivity contribution in [3.63, 3.8) is 0 Å². The van der Waals surface area contributed by atoms with Gasteiger partial charge in [0.15, 0.2) is 0 Å². The lowest BCUT2D eigenvalue weighted by atomic mass is 9.73. The summed E-state index contributed by atoms with van der Waals surface area (Å²) in [5.74, 6) is -0.134. The zero-order chi connectivity index (χ0) is 18.0. The number of aromatic nitrogens is 2. The van der Waals surface area contributed by atoms with Gasteiger partial charge < -0.3 is 16.0 Å². The number of hydrogen-bond acceptors (Lipinski definition) is 6. The number of nitrogens with zero attached hydrogens (tertiary/aromatic N) is 3. The van der Waals surface area contributed by atoms with Crippen LogP contribution >= 0.6 is 22.9 Å². The van der Waals surface area contributed by atoms with Crippen LogP contribution in [0.1, 0.15) is 17.5 Å². The SMILES string of the molecule is CC(=O)N1CC(Cc2ccc(Cl)cc2)(C(=O)NCc2nnc(N)s2)C1. The predicted octanol–water partition coefficient (Wildman–Crippen LogP) is 1.48. The molecule has 0 unspecified atom stereocenters. The highest BCUT2D eigenvalue weighted by atomic mass is 35.5. The van der Waals surface area contributed by atoms with Crippen molar-refractivity contribution in [1.82, 2.24) is 20.4 Å². The quantitative estimate of drug-likeness (QED) is 0.819.